The number of benzene rings is 4. The first-order valence-corrected chi connectivity index (χ1v) is 13.5. The van der Waals surface area contributed by atoms with Crippen molar-refractivity contribution >= 4 is 23.3 Å². The molecule has 0 radical (unpaired) electrons. The Hall–Kier alpha value is -5.46. The zero-order chi connectivity index (χ0) is 32.1. The van der Waals surface area contributed by atoms with E-state index in [1.54, 1.807) is 37.4 Å². The summed E-state index contributed by atoms with van der Waals surface area (Å²) in [6.07, 6.45) is 0. The molecule has 0 bridgehead atoms. The molecule has 0 saturated carbocycles. The number of likely N-dealkylation sites (N-methyl/N-ethyl adjacent to an activating group) is 2. The predicted octanol–water partition coefficient (Wildman–Crippen LogP) is 4.30. The molecule has 12 nitrogen and oxygen atoms in total. The van der Waals surface area contributed by atoms with Crippen molar-refractivity contribution in [3.05, 3.63) is 107 Å². The lowest BCUT2D eigenvalue weighted by atomic mass is 10.0. The topological polar surface area (TPSA) is 186 Å². The van der Waals surface area contributed by atoms with Gasteiger partial charge in [0.2, 0.25) is 5.75 Å². The number of aliphatic carboxylic acids is 2. The summed E-state index contributed by atoms with van der Waals surface area (Å²) in [5, 5.41) is 34.6. The molecule has 230 valence electrons. The van der Waals surface area contributed by atoms with Gasteiger partial charge in [0.05, 0.1) is 10.6 Å². The maximum absolute atomic E-state index is 11.2. The molecule has 4 aromatic rings. The monoisotopic (exact) mass is 602 g/mol. The van der Waals surface area contributed by atoms with E-state index in [-0.39, 0.29) is 24.7 Å². The van der Waals surface area contributed by atoms with Crippen molar-refractivity contribution < 1.29 is 34.2 Å². The maximum Gasteiger partial charge on any atom is 0.324 e. The minimum absolute atomic E-state index is 0.000119. The van der Waals surface area contributed by atoms with Crippen molar-refractivity contribution in [3.8, 4) is 33.8 Å². The minimum atomic E-state index is -1.09. The van der Waals surface area contributed by atoms with Crippen molar-refractivity contribution in [1.82, 2.24) is 10.6 Å². The van der Waals surface area contributed by atoms with E-state index >= 15 is 0 Å². The number of nitrogens with zero attached hydrogens (tertiary/aromatic N) is 1. The summed E-state index contributed by atoms with van der Waals surface area (Å²) in [4.78, 5) is 32.8. The molecular formula is C32H34N4O8. The van der Waals surface area contributed by atoms with Crippen LogP contribution in [0.2, 0.25) is 0 Å². The fourth-order valence-electron chi connectivity index (χ4n) is 4.12. The number of ether oxygens (including phenoxy) is 2. The molecule has 0 heterocycles. The lowest BCUT2D eigenvalue weighted by Gasteiger charge is -2.17. The first-order valence-electron chi connectivity index (χ1n) is 13.5. The van der Waals surface area contributed by atoms with E-state index in [0.29, 0.717) is 17.0 Å². The van der Waals surface area contributed by atoms with E-state index in [9.17, 15) is 19.7 Å². The second kappa shape index (κ2) is 16.2. The summed E-state index contributed by atoms with van der Waals surface area (Å²) in [5.41, 5.74) is 9.36. The predicted molar refractivity (Wildman–Crippen MR) is 167 cm³/mol. The average Bonchev–Trinajstić information content (AvgIpc) is 3.03. The number of nitrogen functional groups attached to an aromatic ring is 1. The molecule has 0 fully saturated rings. The number of nitro groups is 1. The molecule has 0 saturated heterocycles. The van der Waals surface area contributed by atoms with E-state index in [0.717, 1.165) is 16.7 Å². The number of rotatable bonds is 13. The highest BCUT2D eigenvalue weighted by atomic mass is 16.6. The Morgan fingerprint density at radius 1 is 0.727 bits per heavy atom. The van der Waals surface area contributed by atoms with Gasteiger partial charge in [-0.3, -0.25) is 19.7 Å². The lowest BCUT2D eigenvalue weighted by Crippen LogP contribution is -2.39. The molecule has 4 rings (SSSR count). The number of carboxylic acid groups (broad SMARTS) is 2. The van der Waals surface area contributed by atoms with Crippen molar-refractivity contribution in [2.24, 2.45) is 0 Å². The Balaban J connectivity index is 0.000000241. The van der Waals surface area contributed by atoms with Crippen molar-refractivity contribution in [2.75, 3.05) is 33.0 Å². The molecular weight excluding hydrogens is 568 g/mol. The first kappa shape index (κ1) is 33.0. The van der Waals surface area contributed by atoms with E-state index in [1.165, 1.54) is 13.1 Å². The van der Waals surface area contributed by atoms with Crippen LogP contribution in [0.25, 0.3) is 22.3 Å². The van der Waals surface area contributed by atoms with Crippen LogP contribution in [0.1, 0.15) is 0 Å². The van der Waals surface area contributed by atoms with Crippen LogP contribution in [0.3, 0.4) is 0 Å². The van der Waals surface area contributed by atoms with Crippen molar-refractivity contribution in [2.45, 2.75) is 12.1 Å². The highest BCUT2D eigenvalue weighted by molar-refractivity contribution is 5.78. The molecule has 0 aliphatic rings. The second-order valence-corrected chi connectivity index (χ2v) is 9.35. The number of hydrogen-bond donors (Lipinski definition) is 5. The van der Waals surface area contributed by atoms with Crippen LogP contribution in [0.5, 0.6) is 11.5 Å². The zero-order valence-electron chi connectivity index (χ0n) is 24.2. The third-order valence-corrected chi connectivity index (χ3v) is 6.49. The van der Waals surface area contributed by atoms with Gasteiger partial charge in [-0.2, -0.15) is 0 Å². The van der Waals surface area contributed by atoms with Crippen molar-refractivity contribution in [1.29, 1.82) is 0 Å². The third kappa shape index (κ3) is 8.77. The van der Waals surface area contributed by atoms with E-state index in [1.807, 2.05) is 60.7 Å². The largest absolute Gasteiger partial charge is 0.489 e. The van der Waals surface area contributed by atoms with E-state index in [4.69, 9.17) is 25.4 Å². The highest BCUT2D eigenvalue weighted by Crippen LogP contribution is 2.38. The molecule has 12 heteroatoms. The molecule has 6 N–H and O–H groups in total. The quantitative estimate of drug-likeness (QED) is 0.0834. The number of anilines is 1. The van der Waals surface area contributed by atoms with Crippen LogP contribution in [0.15, 0.2) is 97.1 Å². The molecule has 0 spiro atoms. The van der Waals surface area contributed by atoms with Gasteiger partial charge in [0, 0.05) is 17.2 Å². The Morgan fingerprint density at radius 2 is 1.16 bits per heavy atom. The smallest absolute Gasteiger partial charge is 0.324 e. The van der Waals surface area contributed by atoms with Gasteiger partial charge in [-0.15, -0.1) is 0 Å². The van der Waals surface area contributed by atoms with Gasteiger partial charge >= 0.3 is 17.6 Å². The summed E-state index contributed by atoms with van der Waals surface area (Å²) < 4.78 is 11.2. The molecule has 0 aliphatic heterocycles. The fourth-order valence-corrected chi connectivity index (χ4v) is 4.12. The molecule has 0 aliphatic carbocycles. The van der Waals surface area contributed by atoms with Gasteiger partial charge in [0.25, 0.3) is 0 Å². The van der Waals surface area contributed by atoms with Crippen LogP contribution in [0, 0.1) is 10.1 Å². The number of para-hydroxylation sites is 2. The third-order valence-electron chi connectivity index (χ3n) is 6.49. The Bertz CT molecular complexity index is 1550. The molecule has 44 heavy (non-hydrogen) atoms. The van der Waals surface area contributed by atoms with Crippen LogP contribution in [0.4, 0.5) is 11.4 Å². The fraction of sp³-hybridized carbons (Fsp3) is 0.188. The standard InChI is InChI=1S/C16H16N2O5.C16H18N2O3/c1-17-13(16(19)20)10-23-15-12(11-6-3-2-4-7-11)8-5-9-14(15)18(21)22;1-18-14(16(19)20)10-21-15-12(8-5-9-13(15)17)11-6-3-2-4-7-11/h2-9,13,17H,10H2,1H3,(H,19,20);2-9,14,18H,10,17H2,1H3,(H,19,20)/t13-;14-/m00/s1. The maximum atomic E-state index is 11.2. The highest BCUT2D eigenvalue weighted by Gasteiger charge is 2.23. The number of nitrogens with two attached hydrogens (primary N) is 1. The Morgan fingerprint density at radius 3 is 1.59 bits per heavy atom. The SMILES string of the molecule is CN[C@@H](COc1c(-c2ccccc2)cccc1[N+](=O)[O-])C(=O)O.CN[C@@H](COc1c(N)cccc1-c1ccccc1)C(=O)O. The Labute approximate surface area is 254 Å². The summed E-state index contributed by atoms with van der Waals surface area (Å²) >= 11 is 0. The summed E-state index contributed by atoms with van der Waals surface area (Å²) in [6.45, 7) is -0.226. The molecule has 4 aromatic carbocycles. The summed E-state index contributed by atoms with van der Waals surface area (Å²) in [7, 11) is 3.06. The first-order chi connectivity index (χ1) is 21.2. The number of hydrogen-bond acceptors (Lipinski definition) is 9. The van der Waals surface area contributed by atoms with Crippen LogP contribution >= 0.6 is 0 Å². The summed E-state index contributed by atoms with van der Waals surface area (Å²) in [5.74, 6) is -1.49. The average molecular weight is 603 g/mol. The van der Waals surface area contributed by atoms with E-state index < -0.39 is 28.9 Å². The lowest BCUT2D eigenvalue weighted by molar-refractivity contribution is -0.385. The van der Waals surface area contributed by atoms with E-state index in [2.05, 4.69) is 10.6 Å². The van der Waals surface area contributed by atoms with Gasteiger partial charge in [-0.1, -0.05) is 84.9 Å². The normalized spacial score (nSPS) is 11.8. The van der Waals surface area contributed by atoms with Crippen LogP contribution in [-0.4, -0.2) is 66.5 Å². The van der Waals surface area contributed by atoms with Crippen LogP contribution in [-0.2, 0) is 9.59 Å². The second-order valence-electron chi connectivity index (χ2n) is 9.35. The number of nitro benzene ring substituents is 1. The molecule has 0 unspecified atom stereocenters. The molecule has 2 atom stereocenters. The number of carbonyl (C=O) groups is 2. The van der Waals surface area contributed by atoms with Gasteiger partial charge < -0.3 is 36.1 Å². The van der Waals surface area contributed by atoms with Gasteiger partial charge in [-0.05, 0) is 31.3 Å². The zero-order valence-corrected chi connectivity index (χ0v) is 24.2. The summed E-state index contributed by atoms with van der Waals surface area (Å²) in [6, 6.07) is 27.1. The molecule has 0 aromatic heterocycles. The Kier molecular flexibility index (Phi) is 12.2. The number of carboxylic acids is 2. The van der Waals surface area contributed by atoms with Gasteiger partial charge in [0.1, 0.15) is 31.0 Å². The van der Waals surface area contributed by atoms with Crippen molar-refractivity contribution in [3.63, 3.8) is 0 Å². The number of nitrogens with one attached hydrogen (secondary N) is 2. The van der Waals surface area contributed by atoms with Gasteiger partial charge in [-0.25, -0.2) is 0 Å². The molecule has 0 amide bonds. The minimum Gasteiger partial charge on any atom is -0.489 e. The van der Waals surface area contributed by atoms with Gasteiger partial charge in [0.15, 0.2) is 0 Å². The van der Waals surface area contributed by atoms with Crippen LogP contribution < -0.4 is 25.8 Å².